The average molecular weight is 266 g/mol. The highest BCUT2D eigenvalue weighted by atomic mass is 15.2. The van der Waals surface area contributed by atoms with Crippen LogP contribution in [0.3, 0.4) is 0 Å². The van der Waals surface area contributed by atoms with Crippen molar-refractivity contribution in [3.05, 3.63) is 59.7 Å². The van der Waals surface area contributed by atoms with E-state index in [1.165, 1.54) is 29.7 Å². The summed E-state index contributed by atoms with van der Waals surface area (Å²) in [6.07, 6.45) is 3.55. The summed E-state index contributed by atoms with van der Waals surface area (Å²) in [5, 5.41) is 0. The van der Waals surface area contributed by atoms with Gasteiger partial charge < -0.3 is 10.6 Å². The molecular weight excluding hydrogens is 244 g/mol. The van der Waals surface area contributed by atoms with Crippen molar-refractivity contribution in [2.75, 3.05) is 17.2 Å². The van der Waals surface area contributed by atoms with Crippen molar-refractivity contribution in [3.8, 4) is 0 Å². The predicted octanol–water partition coefficient (Wildman–Crippen LogP) is 4.17. The fourth-order valence-electron chi connectivity index (χ4n) is 3.11. The van der Waals surface area contributed by atoms with Crippen LogP contribution >= 0.6 is 0 Å². The zero-order valence-corrected chi connectivity index (χ0v) is 12.0. The van der Waals surface area contributed by atoms with Gasteiger partial charge in [-0.05, 0) is 54.7 Å². The average Bonchev–Trinajstić information content (AvgIpc) is 2.97. The fraction of sp³-hybridized carbons (Fsp3) is 0.333. The molecule has 0 aromatic heterocycles. The van der Waals surface area contributed by atoms with E-state index in [1.807, 2.05) is 6.07 Å². The largest absolute Gasteiger partial charge is 0.399 e. The zero-order valence-electron chi connectivity index (χ0n) is 12.0. The summed E-state index contributed by atoms with van der Waals surface area (Å²) in [5.74, 6) is 0. The van der Waals surface area contributed by atoms with E-state index in [2.05, 4.69) is 54.3 Å². The molecule has 1 saturated heterocycles. The molecule has 2 heteroatoms. The van der Waals surface area contributed by atoms with Crippen molar-refractivity contribution in [2.45, 2.75) is 32.2 Å². The summed E-state index contributed by atoms with van der Waals surface area (Å²) in [5.41, 5.74) is 10.8. The second kappa shape index (κ2) is 5.58. The van der Waals surface area contributed by atoms with E-state index in [9.17, 15) is 0 Å². The van der Waals surface area contributed by atoms with Gasteiger partial charge in [-0.15, -0.1) is 0 Å². The summed E-state index contributed by atoms with van der Waals surface area (Å²) >= 11 is 0. The lowest BCUT2D eigenvalue weighted by atomic mass is 10.0. The van der Waals surface area contributed by atoms with Crippen LogP contribution in [-0.4, -0.2) is 6.54 Å². The van der Waals surface area contributed by atoms with Crippen LogP contribution in [0.5, 0.6) is 0 Å². The van der Waals surface area contributed by atoms with Crippen molar-refractivity contribution < 1.29 is 0 Å². The first-order valence-electron chi connectivity index (χ1n) is 7.49. The molecule has 2 aromatic rings. The van der Waals surface area contributed by atoms with Gasteiger partial charge >= 0.3 is 0 Å². The van der Waals surface area contributed by atoms with E-state index < -0.39 is 0 Å². The van der Waals surface area contributed by atoms with Crippen LogP contribution in [0.4, 0.5) is 11.4 Å². The first-order valence-corrected chi connectivity index (χ1v) is 7.49. The van der Waals surface area contributed by atoms with Crippen molar-refractivity contribution in [2.24, 2.45) is 0 Å². The second-order valence-corrected chi connectivity index (χ2v) is 5.54. The van der Waals surface area contributed by atoms with Gasteiger partial charge in [-0.25, -0.2) is 0 Å². The number of aryl methyl sites for hydroxylation is 1. The molecule has 0 radical (unpaired) electrons. The van der Waals surface area contributed by atoms with Gasteiger partial charge in [0.2, 0.25) is 0 Å². The Morgan fingerprint density at radius 1 is 1.15 bits per heavy atom. The molecule has 104 valence electrons. The Hall–Kier alpha value is -1.96. The van der Waals surface area contributed by atoms with Crippen molar-refractivity contribution in [1.29, 1.82) is 0 Å². The third kappa shape index (κ3) is 2.51. The van der Waals surface area contributed by atoms with E-state index in [0.29, 0.717) is 6.04 Å². The highest BCUT2D eigenvalue weighted by Gasteiger charge is 2.26. The number of hydrogen-bond acceptors (Lipinski definition) is 2. The van der Waals surface area contributed by atoms with Gasteiger partial charge in [0.05, 0.1) is 6.04 Å². The van der Waals surface area contributed by atoms with Crippen LogP contribution in [0, 0.1) is 0 Å². The molecule has 1 heterocycles. The number of nitrogens with two attached hydrogens (primary N) is 1. The maximum absolute atomic E-state index is 5.93. The van der Waals surface area contributed by atoms with E-state index >= 15 is 0 Å². The van der Waals surface area contributed by atoms with E-state index in [0.717, 1.165) is 18.7 Å². The van der Waals surface area contributed by atoms with Gasteiger partial charge in [-0.1, -0.05) is 31.2 Å². The van der Waals surface area contributed by atoms with Gasteiger partial charge in [0, 0.05) is 17.9 Å². The second-order valence-electron chi connectivity index (χ2n) is 5.54. The molecule has 1 aliphatic heterocycles. The molecule has 2 N–H and O–H groups in total. The SMILES string of the molecule is CCc1ccc(N2CCCC2c2cccc(N)c2)cc1. The Kier molecular flexibility index (Phi) is 3.64. The minimum absolute atomic E-state index is 0.464. The van der Waals surface area contributed by atoms with E-state index in [-0.39, 0.29) is 0 Å². The summed E-state index contributed by atoms with van der Waals surface area (Å²) in [7, 11) is 0. The molecule has 1 aliphatic rings. The van der Waals surface area contributed by atoms with E-state index in [4.69, 9.17) is 5.73 Å². The highest BCUT2D eigenvalue weighted by Crippen LogP contribution is 2.36. The zero-order chi connectivity index (χ0) is 13.9. The molecular formula is C18H22N2. The molecule has 1 unspecified atom stereocenters. The quantitative estimate of drug-likeness (QED) is 0.845. The van der Waals surface area contributed by atoms with Crippen molar-refractivity contribution >= 4 is 11.4 Å². The minimum atomic E-state index is 0.464. The number of anilines is 2. The molecule has 2 aromatic carbocycles. The number of benzene rings is 2. The van der Waals surface area contributed by atoms with Crippen molar-refractivity contribution in [3.63, 3.8) is 0 Å². The highest BCUT2D eigenvalue weighted by molar-refractivity contribution is 5.52. The molecule has 0 spiro atoms. The summed E-state index contributed by atoms with van der Waals surface area (Å²) in [6.45, 7) is 3.32. The molecule has 20 heavy (non-hydrogen) atoms. The molecule has 0 amide bonds. The molecule has 1 fully saturated rings. The minimum Gasteiger partial charge on any atom is -0.399 e. The molecule has 0 aliphatic carbocycles. The van der Waals surface area contributed by atoms with Crippen molar-refractivity contribution in [1.82, 2.24) is 0 Å². The van der Waals surface area contributed by atoms with Gasteiger partial charge in [0.15, 0.2) is 0 Å². The Morgan fingerprint density at radius 3 is 2.65 bits per heavy atom. The molecule has 1 atom stereocenters. The number of nitrogen functional groups attached to an aromatic ring is 1. The molecule has 3 rings (SSSR count). The third-order valence-electron chi connectivity index (χ3n) is 4.22. The lowest BCUT2D eigenvalue weighted by Gasteiger charge is -2.27. The standard InChI is InChI=1S/C18H22N2/c1-2-14-8-10-17(11-9-14)20-12-4-7-18(20)15-5-3-6-16(19)13-15/h3,5-6,8-11,13,18H,2,4,7,12,19H2,1H3. The lowest BCUT2D eigenvalue weighted by molar-refractivity contribution is 0.719. The fourth-order valence-corrected chi connectivity index (χ4v) is 3.11. The van der Waals surface area contributed by atoms with Gasteiger partial charge in [-0.2, -0.15) is 0 Å². The number of hydrogen-bond donors (Lipinski definition) is 1. The van der Waals surface area contributed by atoms with Gasteiger partial charge in [-0.3, -0.25) is 0 Å². The lowest BCUT2D eigenvalue weighted by Crippen LogP contribution is -2.22. The van der Waals surface area contributed by atoms with Gasteiger partial charge in [0.1, 0.15) is 0 Å². The maximum atomic E-state index is 5.93. The van der Waals surface area contributed by atoms with Crippen LogP contribution in [0.25, 0.3) is 0 Å². The third-order valence-corrected chi connectivity index (χ3v) is 4.22. The molecule has 2 nitrogen and oxygen atoms in total. The van der Waals surface area contributed by atoms with Crippen LogP contribution in [0.15, 0.2) is 48.5 Å². The van der Waals surface area contributed by atoms with Crippen LogP contribution in [0.1, 0.15) is 36.9 Å². The van der Waals surface area contributed by atoms with Crippen LogP contribution < -0.4 is 10.6 Å². The Balaban J connectivity index is 1.88. The Bertz CT molecular complexity index is 574. The molecule has 0 saturated carbocycles. The molecule has 0 bridgehead atoms. The normalized spacial score (nSPS) is 18.4. The smallest absolute Gasteiger partial charge is 0.0543 e. The summed E-state index contributed by atoms with van der Waals surface area (Å²) in [4.78, 5) is 2.51. The summed E-state index contributed by atoms with van der Waals surface area (Å²) in [6, 6.07) is 17.8. The Labute approximate surface area is 121 Å². The Morgan fingerprint density at radius 2 is 1.95 bits per heavy atom. The monoisotopic (exact) mass is 266 g/mol. The first kappa shape index (κ1) is 13.0. The topological polar surface area (TPSA) is 29.3 Å². The predicted molar refractivity (Wildman–Crippen MR) is 86.0 cm³/mol. The van der Waals surface area contributed by atoms with Gasteiger partial charge in [0.25, 0.3) is 0 Å². The summed E-state index contributed by atoms with van der Waals surface area (Å²) < 4.78 is 0. The van der Waals surface area contributed by atoms with Crippen LogP contribution in [0.2, 0.25) is 0 Å². The number of rotatable bonds is 3. The van der Waals surface area contributed by atoms with Crippen LogP contribution in [-0.2, 0) is 6.42 Å². The van der Waals surface area contributed by atoms with E-state index in [1.54, 1.807) is 0 Å². The maximum Gasteiger partial charge on any atom is 0.0543 e. The first-order chi connectivity index (χ1) is 9.78. The number of nitrogens with zero attached hydrogens (tertiary/aromatic N) is 1.